The predicted molar refractivity (Wildman–Crippen MR) is 58.5 cm³/mol. The molecule has 0 spiro atoms. The average Bonchev–Trinajstić information content (AvgIpc) is 2.68. The number of aromatic nitrogens is 1. The molecular formula is C10H12N2OS. The fraction of sp³-hybridized carbons (Fsp3) is 0.400. The van der Waals surface area contributed by atoms with Crippen LogP contribution < -0.4 is 0 Å². The summed E-state index contributed by atoms with van der Waals surface area (Å²) in [6.45, 7) is 2.78. The van der Waals surface area contributed by atoms with Crippen LogP contribution in [0.4, 0.5) is 0 Å². The molecule has 0 aromatic carbocycles. The largest absolute Gasteiger partial charge is 0.461 e. The summed E-state index contributed by atoms with van der Waals surface area (Å²) in [5.41, 5.74) is 0.961. The fourth-order valence-electron chi connectivity index (χ4n) is 1.28. The van der Waals surface area contributed by atoms with Gasteiger partial charge in [-0.1, -0.05) is 24.8 Å². The van der Waals surface area contributed by atoms with E-state index in [1.54, 1.807) is 18.0 Å². The zero-order chi connectivity index (χ0) is 9.80. The molecule has 1 unspecified atom stereocenters. The highest BCUT2D eigenvalue weighted by Crippen LogP contribution is 2.24. The lowest BCUT2D eigenvalue weighted by Crippen LogP contribution is -2.04. The van der Waals surface area contributed by atoms with Crippen LogP contribution in [0.5, 0.6) is 0 Å². The summed E-state index contributed by atoms with van der Waals surface area (Å²) in [7, 11) is 0. The molecule has 1 aliphatic heterocycles. The molecule has 74 valence electrons. The number of nitrogens with zero attached hydrogens (tertiary/aromatic N) is 2. The maximum Gasteiger partial charge on any atom is 0.246 e. The lowest BCUT2D eigenvalue weighted by Gasteiger charge is -2.09. The summed E-state index contributed by atoms with van der Waals surface area (Å²) >= 11 is 1.64. The molecule has 2 rings (SSSR count). The van der Waals surface area contributed by atoms with Gasteiger partial charge in [0, 0.05) is 6.20 Å². The number of thioether (sulfide) groups is 1. The molecule has 14 heavy (non-hydrogen) atoms. The van der Waals surface area contributed by atoms with Crippen molar-refractivity contribution in [3.63, 3.8) is 0 Å². The minimum absolute atomic E-state index is 0.0187. The summed E-state index contributed by atoms with van der Waals surface area (Å²) in [6.07, 6.45) is 1.80. The first-order valence-electron chi connectivity index (χ1n) is 4.65. The molecular weight excluding hydrogens is 196 g/mol. The molecule has 3 nitrogen and oxygen atoms in total. The third-order valence-corrected chi connectivity index (χ3v) is 2.68. The Kier molecular flexibility index (Phi) is 3.03. The van der Waals surface area contributed by atoms with Crippen molar-refractivity contribution in [1.29, 1.82) is 0 Å². The van der Waals surface area contributed by atoms with Crippen molar-refractivity contribution in [3.05, 3.63) is 30.1 Å². The lowest BCUT2D eigenvalue weighted by atomic mass is 10.2. The van der Waals surface area contributed by atoms with Gasteiger partial charge in [0.05, 0.1) is 12.2 Å². The first-order valence-corrected chi connectivity index (χ1v) is 5.63. The molecule has 0 saturated heterocycles. The van der Waals surface area contributed by atoms with Crippen molar-refractivity contribution in [1.82, 2.24) is 4.98 Å². The topological polar surface area (TPSA) is 34.5 Å². The van der Waals surface area contributed by atoms with Gasteiger partial charge < -0.3 is 4.74 Å². The minimum Gasteiger partial charge on any atom is -0.461 e. The van der Waals surface area contributed by atoms with Crippen LogP contribution in [0.3, 0.4) is 0 Å². The zero-order valence-electron chi connectivity index (χ0n) is 8.01. The van der Waals surface area contributed by atoms with Crippen molar-refractivity contribution >= 4 is 17.0 Å². The van der Waals surface area contributed by atoms with Crippen molar-refractivity contribution in [3.8, 4) is 0 Å². The van der Waals surface area contributed by atoms with E-state index in [-0.39, 0.29) is 6.10 Å². The molecule has 2 heterocycles. The average molecular weight is 208 g/mol. The van der Waals surface area contributed by atoms with E-state index in [0.717, 1.165) is 16.7 Å². The van der Waals surface area contributed by atoms with Gasteiger partial charge in [-0.05, 0) is 17.9 Å². The van der Waals surface area contributed by atoms with E-state index >= 15 is 0 Å². The Morgan fingerprint density at radius 3 is 3.21 bits per heavy atom. The van der Waals surface area contributed by atoms with Crippen molar-refractivity contribution in [2.75, 3.05) is 12.3 Å². The monoisotopic (exact) mass is 208 g/mol. The third-order valence-electron chi connectivity index (χ3n) is 1.91. The molecule has 1 atom stereocenters. The maximum atomic E-state index is 5.64. The van der Waals surface area contributed by atoms with E-state index in [9.17, 15) is 0 Å². The molecule has 0 amide bonds. The fourth-order valence-corrected chi connectivity index (χ4v) is 1.87. The van der Waals surface area contributed by atoms with E-state index in [1.807, 2.05) is 18.2 Å². The predicted octanol–water partition coefficient (Wildman–Crippen LogP) is 2.26. The zero-order valence-corrected chi connectivity index (χ0v) is 8.83. The Labute approximate surface area is 87.6 Å². The number of aliphatic imine (C=N–C) groups is 1. The van der Waals surface area contributed by atoms with Crippen LogP contribution in [-0.4, -0.2) is 22.5 Å². The van der Waals surface area contributed by atoms with E-state index < -0.39 is 0 Å². The van der Waals surface area contributed by atoms with Gasteiger partial charge in [-0.25, -0.2) is 4.99 Å². The second kappa shape index (κ2) is 4.46. The first-order chi connectivity index (χ1) is 6.90. The van der Waals surface area contributed by atoms with Gasteiger partial charge in [0.1, 0.15) is 0 Å². The van der Waals surface area contributed by atoms with Gasteiger partial charge in [0.15, 0.2) is 6.10 Å². The molecule has 0 bridgehead atoms. The van der Waals surface area contributed by atoms with Crippen LogP contribution in [0.1, 0.15) is 18.7 Å². The molecule has 1 aromatic heterocycles. The molecule has 0 aliphatic carbocycles. The van der Waals surface area contributed by atoms with Gasteiger partial charge in [0.2, 0.25) is 5.23 Å². The van der Waals surface area contributed by atoms with Crippen LogP contribution in [0.25, 0.3) is 0 Å². The Morgan fingerprint density at radius 2 is 2.50 bits per heavy atom. The molecule has 1 aromatic rings. The quantitative estimate of drug-likeness (QED) is 0.747. The Morgan fingerprint density at radius 1 is 1.57 bits per heavy atom. The van der Waals surface area contributed by atoms with Crippen LogP contribution >= 0.6 is 11.8 Å². The van der Waals surface area contributed by atoms with E-state index in [2.05, 4.69) is 16.9 Å². The number of rotatable bonds is 2. The minimum atomic E-state index is 0.0187. The van der Waals surface area contributed by atoms with Gasteiger partial charge in [-0.2, -0.15) is 0 Å². The van der Waals surface area contributed by atoms with Crippen molar-refractivity contribution in [2.45, 2.75) is 13.0 Å². The van der Waals surface area contributed by atoms with Crippen molar-refractivity contribution < 1.29 is 4.74 Å². The van der Waals surface area contributed by atoms with Gasteiger partial charge in [0.25, 0.3) is 0 Å². The highest BCUT2D eigenvalue weighted by Gasteiger charge is 2.22. The molecule has 4 heteroatoms. The van der Waals surface area contributed by atoms with E-state index in [1.165, 1.54) is 0 Å². The standard InChI is InChI=1S/C10H12N2OS/c1-2-14-10-12-7-9(13-10)8-5-3-4-6-11-8/h3-6,9H,2,7H2,1H3. The molecule has 0 saturated carbocycles. The number of pyridine rings is 1. The second-order valence-corrected chi connectivity index (χ2v) is 4.12. The maximum absolute atomic E-state index is 5.64. The van der Waals surface area contributed by atoms with E-state index in [4.69, 9.17) is 4.74 Å². The molecule has 0 N–H and O–H groups in total. The number of hydrogen-bond acceptors (Lipinski definition) is 4. The van der Waals surface area contributed by atoms with Crippen molar-refractivity contribution in [2.24, 2.45) is 4.99 Å². The summed E-state index contributed by atoms with van der Waals surface area (Å²) in [6, 6.07) is 5.84. The van der Waals surface area contributed by atoms with Gasteiger partial charge in [-0.15, -0.1) is 0 Å². The summed E-state index contributed by atoms with van der Waals surface area (Å²) in [5, 5.41) is 0.795. The lowest BCUT2D eigenvalue weighted by molar-refractivity contribution is 0.231. The van der Waals surface area contributed by atoms with Crippen LogP contribution in [-0.2, 0) is 4.74 Å². The van der Waals surface area contributed by atoms with Gasteiger partial charge >= 0.3 is 0 Å². The summed E-state index contributed by atoms with van der Waals surface area (Å²) in [4.78, 5) is 8.55. The molecule has 0 radical (unpaired) electrons. The normalized spacial score (nSPS) is 20.4. The van der Waals surface area contributed by atoms with E-state index in [0.29, 0.717) is 6.54 Å². The van der Waals surface area contributed by atoms with Crippen LogP contribution in [0.15, 0.2) is 29.4 Å². The SMILES string of the molecule is CCSC1=NCC(c2ccccn2)O1. The Bertz CT molecular complexity index is 326. The van der Waals surface area contributed by atoms with Crippen LogP contribution in [0.2, 0.25) is 0 Å². The highest BCUT2D eigenvalue weighted by atomic mass is 32.2. The van der Waals surface area contributed by atoms with Crippen LogP contribution in [0, 0.1) is 0 Å². The number of hydrogen-bond donors (Lipinski definition) is 0. The summed E-state index contributed by atoms with van der Waals surface area (Å²) in [5.74, 6) is 0.994. The molecule has 1 aliphatic rings. The molecule has 0 fully saturated rings. The Hall–Kier alpha value is -1.03. The number of ether oxygens (including phenoxy) is 1. The second-order valence-electron chi connectivity index (χ2n) is 2.90. The third kappa shape index (κ3) is 2.07. The Balaban J connectivity index is 1.99. The highest BCUT2D eigenvalue weighted by molar-refractivity contribution is 8.13. The first kappa shape index (κ1) is 9.52. The summed E-state index contributed by atoms with van der Waals surface area (Å²) < 4.78 is 5.64. The smallest absolute Gasteiger partial charge is 0.246 e. The van der Waals surface area contributed by atoms with Gasteiger partial charge in [-0.3, -0.25) is 4.98 Å².